The molecule has 7 fully saturated rings. The summed E-state index contributed by atoms with van der Waals surface area (Å²) in [6, 6.07) is 12.3. The number of halogens is 2. The van der Waals surface area contributed by atoms with Gasteiger partial charge in [0.1, 0.15) is 34.6 Å². The third kappa shape index (κ3) is 9.31. The van der Waals surface area contributed by atoms with Gasteiger partial charge >= 0.3 is 6.01 Å². The van der Waals surface area contributed by atoms with Crippen LogP contribution in [0.25, 0.3) is 32.9 Å². The zero-order valence-corrected chi connectivity index (χ0v) is 43.9. The van der Waals surface area contributed by atoms with E-state index in [9.17, 15) is 14.4 Å². The first-order chi connectivity index (χ1) is 36.9. The maximum absolute atomic E-state index is 17.5. The molecule has 400 valence electrons. The Labute approximate surface area is 442 Å². The van der Waals surface area contributed by atoms with Crippen molar-refractivity contribution in [3.63, 3.8) is 0 Å². The average Bonchev–Trinajstić information content (AvgIpc) is 4.01. The Kier molecular flexibility index (Phi) is 12.9. The summed E-state index contributed by atoms with van der Waals surface area (Å²) >= 11 is 0. The molecular formula is C59H69F2N9O6. The number of rotatable bonds is 15. The third-order valence-corrected chi connectivity index (χ3v) is 18.8. The minimum atomic E-state index is -0.604. The quantitative estimate of drug-likeness (QED) is 0.0797. The molecule has 1 N–H and O–H groups in total. The topological polar surface area (TPSA) is 146 Å². The molecule has 1 spiro atoms. The van der Waals surface area contributed by atoms with E-state index in [1.54, 1.807) is 30.3 Å². The van der Waals surface area contributed by atoms with Crippen molar-refractivity contribution in [3.05, 3.63) is 77.0 Å². The molecule has 3 saturated carbocycles. The Hall–Kier alpha value is -6.04. The van der Waals surface area contributed by atoms with E-state index in [1.165, 1.54) is 51.0 Å². The molecule has 17 heteroatoms. The summed E-state index contributed by atoms with van der Waals surface area (Å²) in [6.07, 6.45) is 13.5. The van der Waals surface area contributed by atoms with Crippen molar-refractivity contribution in [1.82, 2.24) is 35.0 Å². The van der Waals surface area contributed by atoms with E-state index in [2.05, 4.69) is 31.0 Å². The number of likely N-dealkylation sites (tertiary alicyclic amines) is 1. The van der Waals surface area contributed by atoms with Crippen molar-refractivity contribution in [1.29, 1.82) is 0 Å². The van der Waals surface area contributed by atoms with Crippen LogP contribution in [0.15, 0.2) is 48.7 Å². The number of benzene rings is 3. The molecule has 13 rings (SSSR count). The number of hydrogen-bond donors (Lipinski definition) is 1. The summed E-state index contributed by atoms with van der Waals surface area (Å²) in [4.78, 5) is 63.8. The lowest BCUT2D eigenvalue weighted by Gasteiger charge is -2.54. The minimum absolute atomic E-state index is 0.00222. The summed E-state index contributed by atoms with van der Waals surface area (Å²) in [6.45, 7) is 12.7. The summed E-state index contributed by atoms with van der Waals surface area (Å²) in [5, 5.41) is 4.26. The molecule has 2 aromatic heterocycles. The number of aryl methyl sites for hydroxylation is 1. The molecule has 5 aliphatic heterocycles. The van der Waals surface area contributed by atoms with Gasteiger partial charge in [0.25, 0.3) is 5.91 Å². The number of aromatic nitrogens is 3. The fraction of sp³-hybridized carbons (Fsp3) is 0.559. The van der Waals surface area contributed by atoms with Gasteiger partial charge in [-0.25, -0.2) is 8.78 Å². The second-order valence-corrected chi connectivity index (χ2v) is 23.8. The van der Waals surface area contributed by atoms with Gasteiger partial charge in [0.2, 0.25) is 11.8 Å². The molecule has 3 aromatic carbocycles. The summed E-state index contributed by atoms with van der Waals surface area (Å²) in [5.41, 5.74) is 4.32. The third-order valence-electron chi connectivity index (χ3n) is 18.8. The molecule has 3 atom stereocenters. The Balaban J connectivity index is 0.636. The van der Waals surface area contributed by atoms with Crippen molar-refractivity contribution in [2.75, 3.05) is 95.8 Å². The average molecular weight is 1040 g/mol. The highest BCUT2D eigenvalue weighted by atomic mass is 19.1. The van der Waals surface area contributed by atoms with Gasteiger partial charge in [-0.1, -0.05) is 13.0 Å². The first kappa shape index (κ1) is 49.5. The Morgan fingerprint density at radius 2 is 1.62 bits per heavy atom. The number of hydrogen-bond acceptors (Lipinski definition) is 13. The maximum Gasteiger partial charge on any atom is 0.319 e. The molecule has 7 heterocycles. The van der Waals surface area contributed by atoms with Crippen LogP contribution in [0.5, 0.6) is 11.8 Å². The minimum Gasteiger partial charge on any atom is -0.468 e. The van der Waals surface area contributed by atoms with Crippen LogP contribution >= 0.6 is 0 Å². The highest BCUT2D eigenvalue weighted by molar-refractivity contribution is 6.06. The van der Waals surface area contributed by atoms with E-state index in [4.69, 9.17) is 29.2 Å². The molecule has 3 aliphatic carbocycles. The molecule has 3 amide bonds. The number of carbonyl (C=O) groups excluding carboxylic acids is 3. The number of methoxy groups -OCH3 is 1. The Morgan fingerprint density at radius 1 is 0.829 bits per heavy atom. The monoisotopic (exact) mass is 1040 g/mol. The van der Waals surface area contributed by atoms with Gasteiger partial charge in [-0.2, -0.15) is 9.97 Å². The zero-order valence-electron chi connectivity index (χ0n) is 43.9. The van der Waals surface area contributed by atoms with Crippen LogP contribution in [0.3, 0.4) is 0 Å². The van der Waals surface area contributed by atoms with Gasteiger partial charge in [0, 0.05) is 101 Å². The zero-order chi connectivity index (χ0) is 51.9. The lowest BCUT2D eigenvalue weighted by molar-refractivity contribution is -0.136. The fourth-order valence-corrected chi connectivity index (χ4v) is 14.5. The van der Waals surface area contributed by atoms with E-state index in [1.807, 2.05) is 25.1 Å². The standard InChI is InChI=1S/C59H69F2N9O6/c1-3-43-47(60)9-6-39-24-42(76-35-74-2)25-45(50(39)43)52-51(61)53-46(28-62-52)54(69-30-36-4-5-37(22-36)31-69)65-57(64-53)75-34-59(12-13-59)33-67-16-14-58(15-17-67)26-38(27-58)29-66-18-20-68(21-19-66)41-7-8-44-40(23-41)32-70(56(44)73)48-10-11-49(71)63-55(48)72/h6-9,23-25,28,36-38,48H,3-5,10-22,26-27,29-35H2,1-2H3,(H,63,71,72)/t36?,37?,48-/m0/s1. The van der Waals surface area contributed by atoms with Crippen LogP contribution in [0.4, 0.5) is 20.3 Å². The molecular weight excluding hydrogens is 969 g/mol. The van der Waals surface area contributed by atoms with Crippen molar-refractivity contribution in [2.24, 2.45) is 28.6 Å². The van der Waals surface area contributed by atoms with Crippen LogP contribution in [0, 0.1) is 40.2 Å². The largest absolute Gasteiger partial charge is 0.468 e. The van der Waals surface area contributed by atoms with Crippen LogP contribution < -0.4 is 24.6 Å². The van der Waals surface area contributed by atoms with Crippen molar-refractivity contribution in [2.45, 2.75) is 96.6 Å². The Bertz CT molecular complexity index is 3100. The maximum atomic E-state index is 17.5. The highest BCUT2D eigenvalue weighted by Gasteiger charge is 2.50. The number of piperidine rings is 3. The lowest BCUT2D eigenvalue weighted by Crippen LogP contribution is -2.53. The van der Waals surface area contributed by atoms with Gasteiger partial charge in [-0.05, 0) is 165 Å². The predicted octanol–water partition coefficient (Wildman–Crippen LogP) is 8.14. The molecule has 76 heavy (non-hydrogen) atoms. The van der Waals surface area contributed by atoms with Crippen molar-refractivity contribution in [3.8, 4) is 23.0 Å². The van der Waals surface area contributed by atoms with E-state index in [-0.39, 0.29) is 59.4 Å². The second kappa shape index (κ2) is 19.8. The number of anilines is 2. The molecule has 4 saturated heterocycles. The number of pyridine rings is 1. The van der Waals surface area contributed by atoms with Gasteiger partial charge in [-0.15, -0.1) is 0 Å². The van der Waals surface area contributed by atoms with E-state index < -0.39 is 11.9 Å². The summed E-state index contributed by atoms with van der Waals surface area (Å²) in [7, 11) is 1.54. The first-order valence-electron chi connectivity index (χ1n) is 28.0. The van der Waals surface area contributed by atoms with Gasteiger partial charge in [0.15, 0.2) is 12.6 Å². The number of nitrogens with zero attached hydrogens (tertiary/aromatic N) is 8. The predicted molar refractivity (Wildman–Crippen MR) is 284 cm³/mol. The highest BCUT2D eigenvalue weighted by Crippen LogP contribution is 2.54. The van der Waals surface area contributed by atoms with Crippen LogP contribution in [0.2, 0.25) is 0 Å². The molecule has 15 nitrogen and oxygen atoms in total. The molecule has 2 bridgehead atoms. The lowest BCUT2D eigenvalue weighted by atomic mass is 9.57. The van der Waals surface area contributed by atoms with E-state index in [0.29, 0.717) is 82.3 Å². The first-order valence-corrected chi connectivity index (χ1v) is 28.0. The summed E-state index contributed by atoms with van der Waals surface area (Å²) in [5.74, 6) is 1.27. The van der Waals surface area contributed by atoms with Gasteiger partial charge < -0.3 is 33.8 Å². The number of nitrogens with one attached hydrogen (secondary N) is 1. The smallest absolute Gasteiger partial charge is 0.319 e. The number of imide groups is 1. The number of fused-ring (bicyclic) bond motifs is 5. The normalized spacial score (nSPS) is 24.4. The van der Waals surface area contributed by atoms with Crippen molar-refractivity contribution < 1.29 is 37.4 Å². The van der Waals surface area contributed by atoms with Crippen LogP contribution in [-0.2, 0) is 27.3 Å². The second-order valence-electron chi connectivity index (χ2n) is 23.8. The Morgan fingerprint density at radius 3 is 2.36 bits per heavy atom. The molecule has 2 unspecified atom stereocenters. The number of carbonyl (C=O) groups is 3. The van der Waals surface area contributed by atoms with Crippen molar-refractivity contribution >= 4 is 50.9 Å². The number of piperazine rings is 1. The number of ether oxygens (including phenoxy) is 3. The molecule has 5 aromatic rings. The summed E-state index contributed by atoms with van der Waals surface area (Å²) < 4.78 is 50.6. The van der Waals surface area contributed by atoms with Gasteiger partial charge in [-0.3, -0.25) is 29.6 Å². The van der Waals surface area contributed by atoms with E-state index >= 15 is 8.78 Å². The van der Waals surface area contributed by atoms with E-state index in [0.717, 1.165) is 101 Å². The van der Waals surface area contributed by atoms with Gasteiger partial charge in [0.05, 0.1) is 12.0 Å². The molecule has 8 aliphatic rings. The fourth-order valence-electron chi connectivity index (χ4n) is 14.5. The van der Waals surface area contributed by atoms with Crippen LogP contribution in [-0.4, -0.2) is 139 Å². The molecule has 0 radical (unpaired) electrons. The number of amides is 3. The van der Waals surface area contributed by atoms with Crippen LogP contribution in [0.1, 0.15) is 99.0 Å². The SMILES string of the molecule is CCc1c(F)ccc2cc(OCOC)cc(-c3ncc4c(N5CC6CCC(C6)C5)nc(OCC5(CN6CCC7(CC6)CC(CN6CCN(c8ccc9c(c8)CN([C@H]8CCC(=O)NC8=O)C9=O)CC6)C7)CC5)nc4c3F)c12.